The normalized spacial score (nSPS) is 14.2. The number of halogens is 2. The SMILES string of the molecule is N#CC1CN(Cc2ccc(C#Cc3ccc(CC(C(=O)NCC(F)F)c4nc[nH]c(=O)c4O)cc3)cc2)C1. The number of nitrogens with zero attached hydrogens (tertiary/aromatic N) is 3. The molecule has 0 saturated carbocycles. The van der Waals surface area contributed by atoms with E-state index in [9.17, 15) is 23.5 Å². The van der Waals surface area contributed by atoms with Crippen LogP contribution in [0.25, 0.3) is 0 Å². The number of H-pyrrole nitrogens is 1. The summed E-state index contributed by atoms with van der Waals surface area (Å²) in [5, 5.41) is 21.1. The van der Waals surface area contributed by atoms with Gasteiger partial charge >= 0.3 is 0 Å². The van der Waals surface area contributed by atoms with Gasteiger partial charge in [-0.25, -0.2) is 13.8 Å². The lowest BCUT2D eigenvalue weighted by Gasteiger charge is -2.35. The molecule has 194 valence electrons. The number of aromatic nitrogens is 2. The third-order valence-corrected chi connectivity index (χ3v) is 6.18. The molecule has 0 bridgehead atoms. The fourth-order valence-corrected chi connectivity index (χ4v) is 4.11. The number of amides is 1. The topological polar surface area (TPSA) is 122 Å². The summed E-state index contributed by atoms with van der Waals surface area (Å²) in [5.74, 6) is 3.68. The van der Waals surface area contributed by atoms with Crippen molar-refractivity contribution >= 4 is 5.91 Å². The largest absolute Gasteiger partial charge is 0.502 e. The van der Waals surface area contributed by atoms with Gasteiger partial charge in [-0.1, -0.05) is 36.1 Å². The molecule has 3 aromatic rings. The highest BCUT2D eigenvalue weighted by atomic mass is 19.3. The second-order valence-electron chi connectivity index (χ2n) is 9.02. The second kappa shape index (κ2) is 12.1. The summed E-state index contributed by atoms with van der Waals surface area (Å²) < 4.78 is 25.2. The van der Waals surface area contributed by atoms with E-state index in [2.05, 4.69) is 38.1 Å². The molecule has 1 aliphatic rings. The molecule has 1 atom stereocenters. The van der Waals surface area contributed by atoms with Crippen LogP contribution in [0.5, 0.6) is 5.75 Å². The van der Waals surface area contributed by atoms with Gasteiger partial charge in [-0.2, -0.15) is 5.26 Å². The first-order valence-electron chi connectivity index (χ1n) is 12.0. The molecular formula is C28H25F2N5O3. The van der Waals surface area contributed by atoms with Gasteiger partial charge in [0.1, 0.15) is 5.69 Å². The van der Waals surface area contributed by atoms with E-state index in [-0.39, 0.29) is 18.0 Å². The van der Waals surface area contributed by atoms with Crippen molar-refractivity contribution in [2.45, 2.75) is 25.3 Å². The average molecular weight is 518 g/mol. The van der Waals surface area contributed by atoms with E-state index in [4.69, 9.17) is 5.26 Å². The van der Waals surface area contributed by atoms with Crippen LogP contribution < -0.4 is 10.9 Å². The number of aromatic hydroxyl groups is 1. The Morgan fingerprint density at radius 2 is 1.71 bits per heavy atom. The molecule has 1 amide bonds. The molecule has 10 heteroatoms. The van der Waals surface area contributed by atoms with Crippen molar-refractivity contribution in [3.05, 3.63) is 93.2 Å². The number of hydrogen-bond donors (Lipinski definition) is 3. The highest BCUT2D eigenvalue weighted by molar-refractivity contribution is 5.84. The molecule has 4 rings (SSSR count). The molecule has 0 radical (unpaired) electrons. The Hall–Kier alpha value is -4.54. The number of hydrogen-bond acceptors (Lipinski definition) is 6. The maximum absolute atomic E-state index is 12.6. The van der Waals surface area contributed by atoms with Crippen molar-refractivity contribution in [3.63, 3.8) is 0 Å². The van der Waals surface area contributed by atoms with Gasteiger partial charge in [-0.3, -0.25) is 14.5 Å². The summed E-state index contributed by atoms with van der Waals surface area (Å²) in [7, 11) is 0. The number of carbonyl (C=O) groups excluding carboxylic acids is 1. The van der Waals surface area contributed by atoms with Gasteiger partial charge in [-0.05, 0) is 41.8 Å². The molecule has 1 aliphatic heterocycles. The third kappa shape index (κ3) is 6.81. The van der Waals surface area contributed by atoms with Gasteiger partial charge in [0.25, 0.3) is 12.0 Å². The number of likely N-dealkylation sites (tertiary alicyclic amines) is 1. The zero-order chi connectivity index (χ0) is 27.1. The second-order valence-corrected chi connectivity index (χ2v) is 9.02. The lowest BCUT2D eigenvalue weighted by atomic mass is 9.94. The number of nitrogens with one attached hydrogen (secondary N) is 2. The first-order chi connectivity index (χ1) is 18.3. The lowest BCUT2D eigenvalue weighted by Crippen LogP contribution is -2.45. The minimum absolute atomic E-state index is 0.0282. The first-order valence-corrected chi connectivity index (χ1v) is 12.0. The zero-order valence-electron chi connectivity index (χ0n) is 20.3. The van der Waals surface area contributed by atoms with Crippen molar-refractivity contribution in [3.8, 4) is 23.7 Å². The highest BCUT2D eigenvalue weighted by Gasteiger charge is 2.27. The number of benzene rings is 2. The number of alkyl halides is 2. The number of rotatable bonds is 8. The molecule has 1 aromatic heterocycles. The van der Waals surface area contributed by atoms with Crippen LogP contribution in [-0.4, -0.2) is 51.9 Å². The van der Waals surface area contributed by atoms with E-state index in [1.165, 1.54) is 0 Å². The van der Waals surface area contributed by atoms with Crippen molar-refractivity contribution in [2.24, 2.45) is 5.92 Å². The standard InChI is InChI=1S/C28H25F2N5O3/c29-24(30)13-32-27(37)23(25-26(36)28(38)34-17-33-25)11-20-7-3-18(4-8-20)1-2-19-5-9-21(10-6-19)14-35-15-22(12-31)16-35/h3-10,17,22-24,36H,11,13-16H2,(H,32,37)(H,33,34,38). The molecule has 2 aromatic carbocycles. The summed E-state index contributed by atoms with van der Waals surface area (Å²) in [4.78, 5) is 32.8. The van der Waals surface area contributed by atoms with E-state index < -0.39 is 36.1 Å². The maximum Gasteiger partial charge on any atom is 0.293 e. The van der Waals surface area contributed by atoms with Gasteiger partial charge < -0.3 is 15.4 Å². The summed E-state index contributed by atoms with van der Waals surface area (Å²) in [5.41, 5.74) is 2.40. The van der Waals surface area contributed by atoms with Crippen LogP contribution >= 0.6 is 0 Å². The molecule has 0 spiro atoms. The molecule has 8 nitrogen and oxygen atoms in total. The number of nitriles is 1. The van der Waals surface area contributed by atoms with Crippen LogP contribution in [0, 0.1) is 29.1 Å². The van der Waals surface area contributed by atoms with Crippen molar-refractivity contribution in [2.75, 3.05) is 19.6 Å². The zero-order valence-corrected chi connectivity index (χ0v) is 20.3. The van der Waals surface area contributed by atoms with Crippen LogP contribution in [0.1, 0.15) is 33.9 Å². The van der Waals surface area contributed by atoms with E-state index in [0.29, 0.717) is 5.56 Å². The predicted octanol–water partition coefficient (Wildman–Crippen LogP) is 2.54. The van der Waals surface area contributed by atoms with Crippen LogP contribution in [0.2, 0.25) is 0 Å². The van der Waals surface area contributed by atoms with Crippen molar-refractivity contribution in [1.29, 1.82) is 5.26 Å². The Morgan fingerprint density at radius 1 is 1.11 bits per heavy atom. The van der Waals surface area contributed by atoms with E-state index in [1.807, 2.05) is 24.3 Å². The molecule has 2 heterocycles. The van der Waals surface area contributed by atoms with E-state index in [1.54, 1.807) is 24.3 Å². The van der Waals surface area contributed by atoms with Crippen molar-refractivity contribution < 1.29 is 18.7 Å². The monoisotopic (exact) mass is 517 g/mol. The third-order valence-electron chi connectivity index (χ3n) is 6.18. The molecular weight excluding hydrogens is 492 g/mol. The average Bonchev–Trinajstić information content (AvgIpc) is 2.89. The molecule has 0 aliphatic carbocycles. The Kier molecular flexibility index (Phi) is 8.47. The Labute approximate surface area is 218 Å². The summed E-state index contributed by atoms with van der Waals surface area (Å²) in [6, 6.07) is 17.2. The minimum Gasteiger partial charge on any atom is -0.502 e. The quantitative estimate of drug-likeness (QED) is 0.395. The maximum atomic E-state index is 12.6. The van der Waals surface area contributed by atoms with Gasteiger partial charge in [0, 0.05) is 30.8 Å². The van der Waals surface area contributed by atoms with Crippen LogP contribution in [0.15, 0.2) is 59.7 Å². The first kappa shape index (κ1) is 26.5. The summed E-state index contributed by atoms with van der Waals surface area (Å²) in [6.45, 7) is 1.56. The summed E-state index contributed by atoms with van der Waals surface area (Å²) >= 11 is 0. The smallest absolute Gasteiger partial charge is 0.293 e. The van der Waals surface area contributed by atoms with E-state index >= 15 is 0 Å². The Balaban J connectivity index is 1.42. The van der Waals surface area contributed by atoms with Gasteiger partial charge in [0.05, 0.1) is 30.8 Å². The van der Waals surface area contributed by atoms with Gasteiger partial charge in [0.15, 0.2) is 0 Å². The molecule has 38 heavy (non-hydrogen) atoms. The Morgan fingerprint density at radius 3 is 2.29 bits per heavy atom. The number of aromatic amines is 1. The summed E-state index contributed by atoms with van der Waals surface area (Å²) in [6.07, 6.45) is -1.67. The van der Waals surface area contributed by atoms with Crippen molar-refractivity contribution in [1.82, 2.24) is 20.2 Å². The molecule has 1 fully saturated rings. The van der Waals surface area contributed by atoms with Crippen LogP contribution in [-0.2, 0) is 17.8 Å². The van der Waals surface area contributed by atoms with Crippen LogP contribution in [0.3, 0.4) is 0 Å². The molecule has 1 saturated heterocycles. The van der Waals surface area contributed by atoms with Gasteiger partial charge in [-0.15, -0.1) is 0 Å². The Bertz CT molecular complexity index is 1430. The van der Waals surface area contributed by atoms with E-state index in [0.717, 1.165) is 42.7 Å². The lowest BCUT2D eigenvalue weighted by molar-refractivity contribution is -0.123. The minimum atomic E-state index is -2.74. The number of carbonyl (C=O) groups is 1. The fraction of sp³-hybridized carbons (Fsp3) is 0.286. The van der Waals surface area contributed by atoms with Crippen LogP contribution in [0.4, 0.5) is 8.78 Å². The highest BCUT2D eigenvalue weighted by Crippen LogP contribution is 2.25. The van der Waals surface area contributed by atoms with Gasteiger partial charge in [0.2, 0.25) is 11.7 Å². The molecule has 1 unspecified atom stereocenters. The predicted molar refractivity (Wildman–Crippen MR) is 135 cm³/mol. The fourth-order valence-electron chi connectivity index (χ4n) is 4.11. The molecule has 3 N–H and O–H groups in total.